The van der Waals surface area contributed by atoms with Gasteiger partial charge in [0.2, 0.25) is 10.0 Å². The molecule has 146 valence electrons. The summed E-state index contributed by atoms with van der Waals surface area (Å²) in [4.78, 5) is 18.2. The lowest BCUT2D eigenvalue weighted by molar-refractivity contribution is 0.0666. The van der Waals surface area contributed by atoms with Crippen molar-refractivity contribution in [2.24, 2.45) is 0 Å². The van der Waals surface area contributed by atoms with Crippen molar-refractivity contribution in [3.05, 3.63) is 60.5 Å². The summed E-state index contributed by atoms with van der Waals surface area (Å²) in [7, 11) is -3.63. The number of amides is 1. The van der Waals surface area contributed by atoms with Crippen molar-refractivity contribution in [1.82, 2.24) is 14.2 Å². The van der Waals surface area contributed by atoms with Gasteiger partial charge in [-0.15, -0.1) is 0 Å². The molecule has 8 nitrogen and oxygen atoms in total. The molecule has 1 amide bonds. The largest absolute Gasteiger partial charge is 0.459 e. The summed E-state index contributed by atoms with van der Waals surface area (Å²) in [6.45, 7) is 2.84. The first-order valence-corrected chi connectivity index (χ1v) is 10.2. The highest BCUT2D eigenvalue weighted by molar-refractivity contribution is 7.89. The predicted molar refractivity (Wildman–Crippen MR) is 100 cm³/mol. The molecule has 4 rings (SSSR count). The molecule has 0 atom stereocenters. The molecule has 0 aliphatic carbocycles. The van der Waals surface area contributed by atoms with Crippen LogP contribution < -0.4 is 0 Å². The molecule has 3 aromatic rings. The Morgan fingerprint density at radius 1 is 1.07 bits per heavy atom. The van der Waals surface area contributed by atoms with E-state index in [0.29, 0.717) is 24.7 Å². The topological polar surface area (TPSA) is 96.9 Å². The van der Waals surface area contributed by atoms with Gasteiger partial charge in [-0.25, -0.2) is 13.4 Å². The van der Waals surface area contributed by atoms with E-state index in [2.05, 4.69) is 4.98 Å². The molecule has 1 saturated heterocycles. The Bertz CT molecular complexity index is 1060. The normalized spacial score (nSPS) is 15.7. The minimum absolute atomic E-state index is 0.207. The van der Waals surface area contributed by atoms with Crippen LogP contribution in [0.4, 0.5) is 0 Å². The molecule has 0 unspecified atom stereocenters. The molecule has 1 aromatic carbocycles. The van der Waals surface area contributed by atoms with E-state index < -0.39 is 10.0 Å². The fourth-order valence-electron chi connectivity index (χ4n) is 3.12. The lowest BCUT2D eigenvalue weighted by Crippen LogP contribution is -2.50. The molecular formula is C19H19N3O5S. The number of nitrogens with zero attached hydrogens (tertiary/aromatic N) is 3. The number of hydrogen-bond acceptors (Lipinski definition) is 6. The Balaban J connectivity index is 1.45. The van der Waals surface area contributed by atoms with Crippen LogP contribution in [0.25, 0.3) is 11.3 Å². The average Bonchev–Trinajstić information content (AvgIpc) is 3.40. The monoisotopic (exact) mass is 401 g/mol. The summed E-state index contributed by atoms with van der Waals surface area (Å²) in [6.07, 6.45) is 3.05. The third kappa shape index (κ3) is 3.46. The first-order valence-electron chi connectivity index (χ1n) is 8.81. The summed E-state index contributed by atoms with van der Waals surface area (Å²) in [5.41, 5.74) is 0.758. The standard InChI is InChI=1S/C19H19N3O5S/c1-14-20-13-18(27-14)15-4-6-16(7-5-15)28(24,25)22-10-8-21(9-11-22)19(23)17-3-2-12-26-17/h2-7,12-13H,8-11H2,1H3. The van der Waals surface area contributed by atoms with E-state index in [-0.39, 0.29) is 29.7 Å². The number of aryl methyl sites for hydroxylation is 1. The highest BCUT2D eigenvalue weighted by atomic mass is 32.2. The lowest BCUT2D eigenvalue weighted by atomic mass is 10.2. The minimum Gasteiger partial charge on any atom is -0.459 e. The fraction of sp³-hybridized carbons (Fsp3) is 0.263. The maximum atomic E-state index is 12.9. The van der Waals surface area contributed by atoms with Crippen LogP contribution in [-0.4, -0.2) is 54.7 Å². The van der Waals surface area contributed by atoms with Gasteiger partial charge in [0.25, 0.3) is 5.91 Å². The van der Waals surface area contributed by atoms with Crippen LogP contribution in [0, 0.1) is 6.92 Å². The lowest BCUT2D eigenvalue weighted by Gasteiger charge is -2.33. The van der Waals surface area contributed by atoms with E-state index in [9.17, 15) is 13.2 Å². The number of aromatic nitrogens is 1. The Hall–Kier alpha value is -2.91. The molecule has 0 radical (unpaired) electrons. The summed E-state index contributed by atoms with van der Waals surface area (Å²) in [5.74, 6) is 1.17. The van der Waals surface area contributed by atoms with Gasteiger partial charge in [0.15, 0.2) is 17.4 Å². The van der Waals surface area contributed by atoms with Crippen molar-refractivity contribution in [3.8, 4) is 11.3 Å². The quantitative estimate of drug-likeness (QED) is 0.666. The second-order valence-corrected chi connectivity index (χ2v) is 8.38. The van der Waals surface area contributed by atoms with Crippen LogP contribution in [0.5, 0.6) is 0 Å². The van der Waals surface area contributed by atoms with Crippen molar-refractivity contribution in [2.45, 2.75) is 11.8 Å². The van der Waals surface area contributed by atoms with Gasteiger partial charge in [-0.2, -0.15) is 4.31 Å². The highest BCUT2D eigenvalue weighted by Gasteiger charge is 2.31. The molecule has 0 bridgehead atoms. The van der Waals surface area contributed by atoms with Crippen LogP contribution in [0.1, 0.15) is 16.4 Å². The molecule has 0 saturated carbocycles. The molecule has 0 N–H and O–H groups in total. The second-order valence-electron chi connectivity index (χ2n) is 6.44. The van der Waals surface area contributed by atoms with Gasteiger partial charge in [0.05, 0.1) is 17.4 Å². The number of hydrogen-bond donors (Lipinski definition) is 0. The van der Waals surface area contributed by atoms with E-state index in [1.54, 1.807) is 54.4 Å². The molecule has 0 spiro atoms. The van der Waals surface area contributed by atoms with Gasteiger partial charge >= 0.3 is 0 Å². The zero-order valence-corrected chi connectivity index (χ0v) is 16.1. The van der Waals surface area contributed by atoms with Gasteiger partial charge in [0.1, 0.15) is 0 Å². The van der Waals surface area contributed by atoms with E-state index in [0.717, 1.165) is 5.56 Å². The maximum Gasteiger partial charge on any atom is 0.289 e. The number of benzene rings is 1. The van der Waals surface area contributed by atoms with E-state index in [1.807, 2.05) is 0 Å². The molecular weight excluding hydrogens is 382 g/mol. The van der Waals surface area contributed by atoms with Crippen LogP contribution in [0.15, 0.2) is 62.6 Å². The molecule has 9 heteroatoms. The van der Waals surface area contributed by atoms with Crippen LogP contribution in [0.2, 0.25) is 0 Å². The fourth-order valence-corrected chi connectivity index (χ4v) is 4.54. The Kier molecular flexibility index (Phi) is 4.78. The van der Waals surface area contributed by atoms with Crippen molar-refractivity contribution < 1.29 is 22.0 Å². The third-order valence-corrected chi connectivity index (χ3v) is 6.57. The van der Waals surface area contributed by atoms with E-state index >= 15 is 0 Å². The molecule has 3 heterocycles. The Morgan fingerprint density at radius 3 is 2.36 bits per heavy atom. The Labute approximate surface area is 162 Å². The zero-order chi connectivity index (χ0) is 19.7. The Morgan fingerprint density at radius 2 is 1.79 bits per heavy atom. The number of carbonyl (C=O) groups excluding carboxylic acids is 1. The number of rotatable bonds is 4. The predicted octanol–water partition coefficient (Wildman–Crippen LogP) is 2.39. The average molecular weight is 401 g/mol. The third-order valence-electron chi connectivity index (χ3n) is 4.66. The van der Waals surface area contributed by atoms with Gasteiger partial charge in [0, 0.05) is 38.7 Å². The first kappa shape index (κ1) is 18.5. The molecule has 1 fully saturated rings. The first-order chi connectivity index (χ1) is 13.4. The van der Waals surface area contributed by atoms with Crippen molar-refractivity contribution >= 4 is 15.9 Å². The summed E-state index contributed by atoms with van der Waals surface area (Å²) < 4.78 is 37.8. The second kappa shape index (κ2) is 7.25. The van der Waals surface area contributed by atoms with Crippen molar-refractivity contribution in [2.75, 3.05) is 26.2 Å². The summed E-state index contributed by atoms with van der Waals surface area (Å²) >= 11 is 0. The molecule has 2 aromatic heterocycles. The van der Waals surface area contributed by atoms with Gasteiger partial charge in [-0.3, -0.25) is 4.79 Å². The SMILES string of the molecule is Cc1ncc(-c2ccc(S(=O)(=O)N3CCN(C(=O)c4ccco4)CC3)cc2)o1. The minimum atomic E-state index is -3.63. The van der Waals surface area contributed by atoms with Gasteiger partial charge in [-0.05, 0) is 36.4 Å². The van der Waals surface area contributed by atoms with Crippen LogP contribution in [0.3, 0.4) is 0 Å². The summed E-state index contributed by atoms with van der Waals surface area (Å²) in [5, 5.41) is 0. The number of sulfonamides is 1. The number of oxazole rings is 1. The maximum absolute atomic E-state index is 12.9. The van der Waals surface area contributed by atoms with Gasteiger partial charge < -0.3 is 13.7 Å². The van der Waals surface area contributed by atoms with E-state index in [1.165, 1.54) is 10.6 Å². The van der Waals surface area contributed by atoms with Crippen LogP contribution >= 0.6 is 0 Å². The van der Waals surface area contributed by atoms with E-state index in [4.69, 9.17) is 8.83 Å². The molecule has 28 heavy (non-hydrogen) atoms. The number of carbonyl (C=O) groups is 1. The molecule has 1 aliphatic rings. The summed E-state index contributed by atoms with van der Waals surface area (Å²) in [6, 6.07) is 9.76. The zero-order valence-electron chi connectivity index (χ0n) is 15.2. The van der Waals surface area contributed by atoms with Gasteiger partial charge in [-0.1, -0.05) is 0 Å². The number of furan rings is 1. The number of piperazine rings is 1. The molecule has 1 aliphatic heterocycles. The van der Waals surface area contributed by atoms with Crippen LogP contribution in [-0.2, 0) is 10.0 Å². The van der Waals surface area contributed by atoms with Crippen molar-refractivity contribution in [1.29, 1.82) is 0 Å². The van der Waals surface area contributed by atoms with Crippen molar-refractivity contribution in [3.63, 3.8) is 0 Å². The smallest absolute Gasteiger partial charge is 0.289 e. The highest BCUT2D eigenvalue weighted by Crippen LogP contribution is 2.24.